The molecule has 0 aliphatic rings. The highest BCUT2D eigenvalue weighted by Gasteiger charge is 2.13. The molecular weight excluding hydrogens is 284 g/mol. The quantitative estimate of drug-likeness (QED) is 0.663. The first-order valence-electron chi connectivity index (χ1n) is 7.80. The Kier molecular flexibility index (Phi) is 7.47. The Bertz CT molecular complexity index is 425. The molecule has 1 aromatic rings. The highest BCUT2D eigenvalue weighted by Crippen LogP contribution is 2.20. The van der Waals surface area contributed by atoms with E-state index in [-0.39, 0.29) is 0 Å². The number of alkyl halides is 1. The average Bonchev–Trinajstić information content (AvgIpc) is 2.42. The van der Waals surface area contributed by atoms with Crippen molar-refractivity contribution in [3.63, 3.8) is 0 Å². The molecule has 0 saturated carbocycles. The molecule has 0 saturated heterocycles. The van der Waals surface area contributed by atoms with Crippen molar-refractivity contribution in [2.45, 2.75) is 65.4 Å². The molecular formula is C17H29ClN2O. The van der Waals surface area contributed by atoms with E-state index < -0.39 is 0 Å². The normalized spacial score (nSPS) is 12.0. The lowest BCUT2D eigenvalue weighted by Crippen LogP contribution is -2.39. The Balaban J connectivity index is 2.68. The molecule has 1 rings (SSSR count). The van der Waals surface area contributed by atoms with E-state index in [9.17, 15) is 0 Å². The SMILES string of the molecule is CC(C)c1cc(CCl)cc(OCCN(C(C)C)C(C)C)n1. The summed E-state index contributed by atoms with van der Waals surface area (Å²) in [5.41, 5.74) is 2.10. The van der Waals surface area contributed by atoms with Crippen molar-refractivity contribution in [2.75, 3.05) is 13.2 Å². The monoisotopic (exact) mass is 312 g/mol. The van der Waals surface area contributed by atoms with Crippen LogP contribution < -0.4 is 4.74 Å². The first kappa shape index (κ1) is 18.2. The molecule has 0 aromatic carbocycles. The molecule has 0 atom stereocenters. The third-order valence-corrected chi connectivity index (χ3v) is 3.86. The minimum Gasteiger partial charge on any atom is -0.476 e. The summed E-state index contributed by atoms with van der Waals surface area (Å²) in [7, 11) is 0. The number of pyridine rings is 1. The van der Waals surface area contributed by atoms with Gasteiger partial charge in [0.1, 0.15) is 6.61 Å². The summed E-state index contributed by atoms with van der Waals surface area (Å²) in [5.74, 6) is 1.55. The first-order valence-corrected chi connectivity index (χ1v) is 8.34. The van der Waals surface area contributed by atoms with Crippen LogP contribution in [0.25, 0.3) is 0 Å². The number of hydrogen-bond acceptors (Lipinski definition) is 3. The number of hydrogen-bond donors (Lipinski definition) is 0. The van der Waals surface area contributed by atoms with Crippen molar-refractivity contribution >= 4 is 11.6 Å². The minimum atomic E-state index is 0.373. The average molecular weight is 313 g/mol. The van der Waals surface area contributed by atoms with E-state index >= 15 is 0 Å². The van der Waals surface area contributed by atoms with Crippen molar-refractivity contribution in [3.05, 3.63) is 23.4 Å². The van der Waals surface area contributed by atoms with Crippen molar-refractivity contribution in [2.24, 2.45) is 0 Å². The maximum absolute atomic E-state index is 5.95. The lowest BCUT2D eigenvalue weighted by atomic mass is 10.1. The highest BCUT2D eigenvalue weighted by molar-refractivity contribution is 6.17. The number of nitrogens with zero attached hydrogens (tertiary/aromatic N) is 2. The van der Waals surface area contributed by atoms with Gasteiger partial charge in [0.05, 0.1) is 0 Å². The molecule has 1 heterocycles. The molecule has 4 heteroatoms. The van der Waals surface area contributed by atoms with Crippen molar-refractivity contribution < 1.29 is 4.74 Å². The van der Waals surface area contributed by atoms with E-state index in [0.717, 1.165) is 17.8 Å². The molecule has 0 aliphatic carbocycles. The highest BCUT2D eigenvalue weighted by atomic mass is 35.5. The zero-order valence-corrected chi connectivity index (χ0v) is 14.9. The summed E-state index contributed by atoms with van der Waals surface area (Å²) in [6.45, 7) is 14.7. The van der Waals surface area contributed by atoms with Gasteiger partial charge >= 0.3 is 0 Å². The van der Waals surface area contributed by atoms with Gasteiger partial charge in [-0.15, -0.1) is 11.6 Å². The van der Waals surface area contributed by atoms with E-state index in [1.54, 1.807) is 0 Å². The summed E-state index contributed by atoms with van der Waals surface area (Å²) < 4.78 is 5.86. The smallest absolute Gasteiger partial charge is 0.213 e. The molecule has 0 radical (unpaired) electrons. The fraction of sp³-hybridized carbons (Fsp3) is 0.706. The van der Waals surface area contributed by atoms with Gasteiger partial charge < -0.3 is 4.74 Å². The van der Waals surface area contributed by atoms with Crippen LogP contribution in [0.15, 0.2) is 12.1 Å². The van der Waals surface area contributed by atoms with Crippen LogP contribution in [-0.4, -0.2) is 35.1 Å². The predicted molar refractivity (Wildman–Crippen MR) is 90.4 cm³/mol. The predicted octanol–water partition coefficient (Wildman–Crippen LogP) is 4.44. The van der Waals surface area contributed by atoms with E-state index in [2.05, 4.69) is 57.5 Å². The Labute approximate surface area is 134 Å². The summed E-state index contributed by atoms with van der Waals surface area (Å²) in [6.07, 6.45) is 0. The molecule has 1 aromatic heterocycles. The Hall–Kier alpha value is -0.800. The molecule has 21 heavy (non-hydrogen) atoms. The van der Waals surface area contributed by atoms with Crippen LogP contribution in [0, 0.1) is 0 Å². The van der Waals surface area contributed by atoms with Crippen LogP contribution in [0.5, 0.6) is 5.88 Å². The molecule has 0 unspecified atom stereocenters. The number of rotatable bonds is 8. The van der Waals surface area contributed by atoms with Crippen LogP contribution in [-0.2, 0) is 5.88 Å². The Morgan fingerprint density at radius 2 is 1.71 bits per heavy atom. The van der Waals surface area contributed by atoms with Gasteiger partial charge in [0.2, 0.25) is 5.88 Å². The van der Waals surface area contributed by atoms with Crippen molar-refractivity contribution in [1.82, 2.24) is 9.88 Å². The third-order valence-electron chi connectivity index (χ3n) is 3.55. The van der Waals surface area contributed by atoms with Gasteiger partial charge in [-0.3, -0.25) is 4.90 Å². The zero-order valence-electron chi connectivity index (χ0n) is 14.2. The Morgan fingerprint density at radius 1 is 1.10 bits per heavy atom. The maximum Gasteiger partial charge on any atom is 0.213 e. The molecule has 0 spiro atoms. The number of ether oxygens (including phenoxy) is 1. The van der Waals surface area contributed by atoms with E-state index in [1.165, 1.54) is 0 Å². The summed E-state index contributed by atoms with van der Waals surface area (Å²) in [4.78, 5) is 6.98. The molecule has 120 valence electrons. The van der Waals surface area contributed by atoms with Gasteiger partial charge in [-0.05, 0) is 45.2 Å². The molecule has 0 bridgehead atoms. The zero-order chi connectivity index (χ0) is 16.0. The lowest BCUT2D eigenvalue weighted by Gasteiger charge is -2.30. The van der Waals surface area contributed by atoms with Crippen LogP contribution in [0.4, 0.5) is 0 Å². The van der Waals surface area contributed by atoms with Gasteiger partial charge in [-0.2, -0.15) is 0 Å². The lowest BCUT2D eigenvalue weighted by molar-refractivity contribution is 0.140. The molecule has 0 amide bonds. The van der Waals surface area contributed by atoms with Crippen LogP contribution >= 0.6 is 11.6 Å². The number of aromatic nitrogens is 1. The van der Waals surface area contributed by atoms with Crippen LogP contribution in [0.1, 0.15) is 58.7 Å². The fourth-order valence-corrected chi connectivity index (χ4v) is 2.55. The summed E-state index contributed by atoms with van der Waals surface area (Å²) >= 11 is 5.95. The third kappa shape index (κ3) is 5.84. The van der Waals surface area contributed by atoms with Gasteiger partial charge in [-0.1, -0.05) is 13.8 Å². The second-order valence-electron chi connectivity index (χ2n) is 6.30. The van der Waals surface area contributed by atoms with E-state index in [4.69, 9.17) is 16.3 Å². The maximum atomic E-state index is 5.95. The van der Waals surface area contributed by atoms with Gasteiger partial charge in [0.15, 0.2) is 0 Å². The number of halogens is 1. The summed E-state index contributed by atoms with van der Waals surface area (Å²) in [6, 6.07) is 5.02. The van der Waals surface area contributed by atoms with Crippen molar-refractivity contribution in [3.8, 4) is 5.88 Å². The summed E-state index contributed by atoms with van der Waals surface area (Å²) in [5, 5.41) is 0. The van der Waals surface area contributed by atoms with Crippen LogP contribution in [0.3, 0.4) is 0 Å². The molecule has 3 nitrogen and oxygen atoms in total. The second-order valence-corrected chi connectivity index (χ2v) is 6.57. The van der Waals surface area contributed by atoms with Crippen molar-refractivity contribution in [1.29, 1.82) is 0 Å². The van der Waals surface area contributed by atoms with E-state index in [1.807, 2.05) is 6.07 Å². The standard InChI is InChI=1S/C17H29ClN2O/c1-12(2)16-9-15(11-18)10-17(19-16)21-8-7-20(13(3)4)14(5)6/h9-10,12-14H,7-8,11H2,1-6H3. The topological polar surface area (TPSA) is 25.4 Å². The molecule has 0 fully saturated rings. The van der Waals surface area contributed by atoms with E-state index in [0.29, 0.717) is 36.4 Å². The fourth-order valence-electron chi connectivity index (χ4n) is 2.40. The van der Waals surface area contributed by atoms with Gasteiger partial charge in [-0.25, -0.2) is 4.98 Å². The largest absolute Gasteiger partial charge is 0.476 e. The minimum absolute atomic E-state index is 0.373. The second kappa shape index (κ2) is 8.60. The van der Waals surface area contributed by atoms with Crippen LogP contribution in [0.2, 0.25) is 0 Å². The van der Waals surface area contributed by atoms with Gasteiger partial charge in [0.25, 0.3) is 0 Å². The Morgan fingerprint density at radius 3 is 2.19 bits per heavy atom. The first-order chi connectivity index (χ1) is 9.85. The molecule has 0 aliphatic heterocycles. The molecule has 0 N–H and O–H groups in total. The van der Waals surface area contributed by atoms with Gasteiger partial charge in [0, 0.05) is 36.3 Å².